The van der Waals surface area contributed by atoms with E-state index < -0.39 is 0 Å². The Morgan fingerprint density at radius 3 is 3.06 bits per heavy atom. The summed E-state index contributed by atoms with van der Waals surface area (Å²) in [5.74, 6) is 1.12. The summed E-state index contributed by atoms with van der Waals surface area (Å²) < 4.78 is 0. The van der Waals surface area contributed by atoms with Crippen molar-refractivity contribution < 1.29 is 15.3 Å². The van der Waals surface area contributed by atoms with E-state index in [1.807, 2.05) is 18.7 Å². The van der Waals surface area contributed by atoms with E-state index in [0.29, 0.717) is 11.8 Å². The van der Waals surface area contributed by atoms with Crippen LogP contribution in [-0.2, 0) is 11.3 Å². The molecule has 0 spiro atoms. The van der Waals surface area contributed by atoms with Crippen molar-refractivity contribution in [2.75, 3.05) is 18.9 Å². The summed E-state index contributed by atoms with van der Waals surface area (Å²) in [6, 6.07) is 0. The van der Waals surface area contributed by atoms with E-state index in [-0.39, 0.29) is 12.0 Å². The predicted octanol–water partition coefficient (Wildman–Crippen LogP) is 1.34. The number of nitrogens with one attached hydrogen (secondary N) is 1. The van der Waals surface area contributed by atoms with E-state index in [1.54, 1.807) is 11.3 Å². The number of thiazole rings is 1. The van der Waals surface area contributed by atoms with Crippen molar-refractivity contribution in [2.24, 2.45) is 0 Å². The highest BCUT2D eigenvalue weighted by atomic mass is 32.2. The van der Waals surface area contributed by atoms with E-state index in [1.165, 1.54) is 0 Å². The quantitative estimate of drug-likeness (QED) is 0.701. The Labute approximate surface area is 107 Å². The number of nitrogens with zero attached hydrogens (tertiary/aromatic N) is 2. The van der Waals surface area contributed by atoms with Crippen molar-refractivity contribution in [3.63, 3.8) is 0 Å². The summed E-state index contributed by atoms with van der Waals surface area (Å²) in [6.07, 6.45) is 0.624. The molecule has 0 aromatic carbocycles. The van der Waals surface area contributed by atoms with Crippen molar-refractivity contribution in [3.8, 4) is 0 Å². The lowest BCUT2D eigenvalue weighted by Crippen LogP contribution is -2.16. The van der Waals surface area contributed by atoms with Gasteiger partial charge in [0.15, 0.2) is 0 Å². The molecule has 17 heavy (non-hydrogen) atoms. The van der Waals surface area contributed by atoms with E-state index in [0.717, 1.165) is 27.9 Å². The summed E-state index contributed by atoms with van der Waals surface area (Å²) in [4.78, 5) is 10.2. The molecule has 2 heterocycles. The Balaban J connectivity index is 1.93. The number of aryl methyl sites for hydroxylation is 1. The lowest BCUT2D eigenvalue weighted by Gasteiger charge is -2.05. The van der Waals surface area contributed by atoms with Gasteiger partial charge in [0.25, 0.3) is 0 Å². The molecule has 2 rings (SSSR count). The van der Waals surface area contributed by atoms with Crippen molar-refractivity contribution >= 4 is 23.1 Å². The lowest BCUT2D eigenvalue weighted by atomic mass is 10.3. The molecule has 3 N–H and O–H groups in total. The summed E-state index contributed by atoms with van der Waals surface area (Å²) in [6.45, 7) is 3.21. The minimum Gasteiger partial charge on any atom is -0.299 e. The SMILES string of the molecule is Cc1nc(C2NCCS2)sc1CCON(O)O. The fraction of sp³-hybridized carbons (Fsp3) is 0.667. The molecule has 1 fully saturated rings. The molecule has 96 valence electrons. The summed E-state index contributed by atoms with van der Waals surface area (Å²) in [5, 5.41) is 21.4. The molecule has 1 aliphatic rings. The third kappa shape index (κ3) is 3.62. The standard InChI is InChI=1S/C9H15N3O3S2/c1-6-7(2-4-15-12(13)14)17-9(11-6)8-10-3-5-16-8/h8,10,13-14H,2-5H2,1H3. The van der Waals surface area contributed by atoms with Gasteiger partial charge in [-0.3, -0.25) is 20.6 Å². The maximum atomic E-state index is 8.42. The first kappa shape index (κ1) is 13.2. The zero-order valence-corrected chi connectivity index (χ0v) is 11.1. The smallest absolute Gasteiger partial charge is 0.120 e. The summed E-state index contributed by atoms with van der Waals surface area (Å²) in [5.41, 5.74) is 0.991. The Morgan fingerprint density at radius 1 is 1.59 bits per heavy atom. The van der Waals surface area contributed by atoms with Crippen LogP contribution in [0.2, 0.25) is 0 Å². The normalized spacial score (nSPS) is 20.4. The van der Waals surface area contributed by atoms with Crippen LogP contribution in [0.3, 0.4) is 0 Å². The number of aromatic nitrogens is 1. The minimum absolute atomic E-state index is 0.223. The monoisotopic (exact) mass is 277 g/mol. The van der Waals surface area contributed by atoms with E-state index in [9.17, 15) is 0 Å². The van der Waals surface area contributed by atoms with E-state index in [2.05, 4.69) is 15.1 Å². The summed E-state index contributed by atoms with van der Waals surface area (Å²) >= 11 is 3.52. The molecule has 1 aromatic rings. The first-order chi connectivity index (χ1) is 8.16. The lowest BCUT2D eigenvalue weighted by molar-refractivity contribution is -0.492. The van der Waals surface area contributed by atoms with Gasteiger partial charge >= 0.3 is 0 Å². The molecule has 0 saturated carbocycles. The zero-order valence-electron chi connectivity index (χ0n) is 9.42. The van der Waals surface area contributed by atoms with Crippen LogP contribution in [0.25, 0.3) is 0 Å². The van der Waals surface area contributed by atoms with E-state index >= 15 is 0 Å². The molecule has 1 unspecified atom stereocenters. The highest BCUT2D eigenvalue weighted by Crippen LogP contribution is 2.33. The van der Waals surface area contributed by atoms with Gasteiger partial charge < -0.3 is 0 Å². The Bertz CT molecular complexity index is 366. The molecule has 0 amide bonds. The van der Waals surface area contributed by atoms with Crippen LogP contribution >= 0.6 is 23.1 Å². The van der Waals surface area contributed by atoms with Crippen molar-refractivity contribution in [1.82, 2.24) is 15.7 Å². The molecular formula is C9H15N3O3S2. The second-order valence-corrected chi connectivity index (χ2v) is 5.93. The highest BCUT2D eigenvalue weighted by Gasteiger charge is 2.21. The fourth-order valence-electron chi connectivity index (χ4n) is 1.60. The Hall–Kier alpha value is -0.220. The van der Waals surface area contributed by atoms with E-state index in [4.69, 9.17) is 10.4 Å². The average molecular weight is 277 g/mol. The van der Waals surface area contributed by atoms with Crippen LogP contribution in [-0.4, -0.2) is 39.7 Å². The Morgan fingerprint density at radius 2 is 2.41 bits per heavy atom. The average Bonchev–Trinajstić information content (AvgIpc) is 2.87. The van der Waals surface area contributed by atoms with Gasteiger partial charge in [-0.25, -0.2) is 4.98 Å². The largest absolute Gasteiger partial charge is 0.299 e. The molecule has 0 aliphatic carbocycles. The van der Waals surface area contributed by atoms with Crippen LogP contribution < -0.4 is 5.32 Å². The maximum absolute atomic E-state index is 8.42. The van der Waals surface area contributed by atoms with Crippen LogP contribution in [0, 0.1) is 6.92 Å². The number of thioether (sulfide) groups is 1. The van der Waals surface area contributed by atoms with Crippen LogP contribution in [0.15, 0.2) is 0 Å². The second kappa shape index (κ2) is 6.10. The Kier molecular flexibility index (Phi) is 4.74. The zero-order chi connectivity index (χ0) is 12.3. The number of rotatable bonds is 5. The van der Waals surface area contributed by atoms with Gasteiger partial charge in [-0.2, -0.15) is 0 Å². The van der Waals surface area contributed by atoms with Gasteiger partial charge in [-0.05, 0) is 6.92 Å². The molecule has 6 nitrogen and oxygen atoms in total. The molecular weight excluding hydrogens is 262 g/mol. The van der Waals surface area contributed by atoms with Crippen molar-refractivity contribution in [2.45, 2.75) is 18.7 Å². The molecule has 1 atom stereocenters. The van der Waals surface area contributed by atoms with Gasteiger partial charge in [0.1, 0.15) is 10.4 Å². The van der Waals surface area contributed by atoms with Gasteiger partial charge in [0.05, 0.1) is 17.7 Å². The predicted molar refractivity (Wildman–Crippen MR) is 65.1 cm³/mol. The topological polar surface area (TPSA) is 77.9 Å². The van der Waals surface area contributed by atoms with Crippen LogP contribution in [0.1, 0.15) is 21.0 Å². The molecule has 0 radical (unpaired) electrons. The molecule has 1 saturated heterocycles. The highest BCUT2D eigenvalue weighted by molar-refractivity contribution is 7.99. The number of hydrogen-bond donors (Lipinski definition) is 3. The van der Waals surface area contributed by atoms with Gasteiger partial charge in [-0.1, -0.05) is 0 Å². The minimum atomic E-state index is -0.258. The van der Waals surface area contributed by atoms with Crippen LogP contribution in [0.5, 0.6) is 0 Å². The third-order valence-corrected chi connectivity index (χ3v) is 4.98. The molecule has 8 heteroatoms. The van der Waals surface area contributed by atoms with Crippen LogP contribution in [0.4, 0.5) is 0 Å². The third-order valence-electron chi connectivity index (χ3n) is 2.39. The summed E-state index contributed by atoms with van der Waals surface area (Å²) in [7, 11) is 0. The maximum Gasteiger partial charge on any atom is 0.120 e. The first-order valence-electron chi connectivity index (χ1n) is 5.29. The van der Waals surface area contributed by atoms with Crippen molar-refractivity contribution in [3.05, 3.63) is 15.6 Å². The van der Waals surface area contributed by atoms with Crippen molar-refractivity contribution in [1.29, 1.82) is 0 Å². The van der Waals surface area contributed by atoms with Gasteiger partial charge in [-0.15, -0.1) is 23.1 Å². The van der Waals surface area contributed by atoms with Gasteiger partial charge in [0.2, 0.25) is 0 Å². The molecule has 0 bridgehead atoms. The molecule has 1 aromatic heterocycles. The number of hydrogen-bond acceptors (Lipinski definition) is 8. The first-order valence-corrected chi connectivity index (χ1v) is 7.15. The second-order valence-electron chi connectivity index (χ2n) is 3.60. The van der Waals surface area contributed by atoms with Gasteiger partial charge in [0, 0.05) is 23.6 Å². The molecule has 1 aliphatic heterocycles. The fourth-order valence-corrected chi connectivity index (χ4v) is 3.85.